The lowest BCUT2D eigenvalue weighted by Crippen LogP contribution is -2.41. The van der Waals surface area contributed by atoms with E-state index in [0.717, 1.165) is 35.2 Å². The minimum atomic E-state index is -3.21. The summed E-state index contributed by atoms with van der Waals surface area (Å²) in [6.45, 7) is 9.03. The molecule has 2 rings (SSSR count). The van der Waals surface area contributed by atoms with Gasteiger partial charge in [0.1, 0.15) is 0 Å². The van der Waals surface area contributed by atoms with Crippen LogP contribution in [-0.4, -0.2) is 73.6 Å². The highest BCUT2D eigenvalue weighted by atomic mass is 127. The Morgan fingerprint density at radius 2 is 1.96 bits per heavy atom. The number of nitrogens with zero attached hydrogens (tertiary/aromatic N) is 3. The number of thiazole rings is 1. The Morgan fingerprint density at radius 3 is 2.56 bits per heavy atom. The standard InChI is InChI=1S/C16H29N5O2S3.HI/c1-4-17-16(18-6-5-15-20-13(2)14(3)25-15)19-7-12-26(22,23)21-8-10-24-11-9-21;/h4-12H2,1-3H3,(H2,17,18,19);1H. The van der Waals surface area contributed by atoms with E-state index in [-0.39, 0.29) is 36.3 Å². The van der Waals surface area contributed by atoms with Crippen LogP contribution < -0.4 is 10.6 Å². The fourth-order valence-electron chi connectivity index (χ4n) is 2.50. The summed E-state index contributed by atoms with van der Waals surface area (Å²) in [5.74, 6) is 2.46. The molecule has 0 amide bonds. The highest BCUT2D eigenvalue weighted by Gasteiger charge is 2.23. The first-order valence-electron chi connectivity index (χ1n) is 8.93. The maximum Gasteiger partial charge on any atom is 0.215 e. The third-order valence-corrected chi connectivity index (χ3v) is 7.96. The minimum Gasteiger partial charge on any atom is -0.357 e. The van der Waals surface area contributed by atoms with Gasteiger partial charge in [-0.05, 0) is 20.8 Å². The Morgan fingerprint density at radius 1 is 1.26 bits per heavy atom. The van der Waals surface area contributed by atoms with Crippen LogP contribution in [0.25, 0.3) is 0 Å². The van der Waals surface area contributed by atoms with Crippen molar-refractivity contribution in [2.24, 2.45) is 4.99 Å². The maximum absolute atomic E-state index is 12.4. The molecule has 1 aromatic rings. The number of aromatic nitrogens is 1. The van der Waals surface area contributed by atoms with Crippen molar-refractivity contribution in [3.8, 4) is 0 Å². The van der Waals surface area contributed by atoms with E-state index in [1.54, 1.807) is 27.4 Å². The molecule has 1 aliphatic heterocycles. The smallest absolute Gasteiger partial charge is 0.215 e. The first-order valence-corrected chi connectivity index (χ1v) is 12.5. The molecule has 11 heteroatoms. The fourth-order valence-corrected chi connectivity index (χ4v) is 5.89. The van der Waals surface area contributed by atoms with Gasteiger partial charge in [0.15, 0.2) is 5.96 Å². The summed E-state index contributed by atoms with van der Waals surface area (Å²) >= 11 is 3.52. The normalized spacial score (nSPS) is 16.0. The average molecular weight is 548 g/mol. The van der Waals surface area contributed by atoms with Crippen LogP contribution in [0.3, 0.4) is 0 Å². The van der Waals surface area contributed by atoms with Gasteiger partial charge in [-0.15, -0.1) is 35.3 Å². The molecule has 0 radical (unpaired) electrons. The van der Waals surface area contributed by atoms with Gasteiger partial charge < -0.3 is 10.6 Å². The zero-order chi connectivity index (χ0) is 19.0. The number of aliphatic imine (C=N–C) groups is 1. The van der Waals surface area contributed by atoms with Crippen LogP contribution in [0.5, 0.6) is 0 Å². The van der Waals surface area contributed by atoms with Gasteiger partial charge in [0.25, 0.3) is 0 Å². The van der Waals surface area contributed by atoms with Crippen LogP contribution in [0.15, 0.2) is 4.99 Å². The van der Waals surface area contributed by atoms with Crippen molar-refractivity contribution < 1.29 is 8.42 Å². The third kappa shape index (κ3) is 8.42. The number of halogens is 1. The molecule has 1 fully saturated rings. The number of guanidine groups is 1. The fraction of sp³-hybridized carbons (Fsp3) is 0.750. The quantitative estimate of drug-likeness (QED) is 0.294. The lowest BCUT2D eigenvalue weighted by molar-refractivity contribution is 0.444. The molecular formula is C16H30IN5O2S3. The number of hydrogen-bond donors (Lipinski definition) is 2. The Balaban J connectivity index is 0.00000364. The Bertz CT molecular complexity index is 683. The van der Waals surface area contributed by atoms with Crippen LogP contribution >= 0.6 is 47.1 Å². The highest BCUT2D eigenvalue weighted by molar-refractivity contribution is 14.0. The SMILES string of the molecule is CCNC(=NCCS(=O)(=O)N1CCSCC1)NCCc1nc(C)c(C)s1.I. The van der Waals surface area contributed by atoms with Gasteiger partial charge >= 0.3 is 0 Å². The molecule has 0 saturated carbocycles. The molecule has 2 N–H and O–H groups in total. The average Bonchev–Trinajstić information content (AvgIpc) is 2.93. The number of nitrogens with one attached hydrogen (secondary N) is 2. The largest absolute Gasteiger partial charge is 0.357 e. The summed E-state index contributed by atoms with van der Waals surface area (Å²) in [5, 5.41) is 7.52. The molecule has 0 spiro atoms. The molecule has 2 heterocycles. The van der Waals surface area contributed by atoms with Crippen molar-refractivity contribution >= 4 is 63.1 Å². The Labute approximate surface area is 188 Å². The molecule has 27 heavy (non-hydrogen) atoms. The molecule has 1 aliphatic rings. The lowest BCUT2D eigenvalue weighted by atomic mass is 10.4. The second-order valence-corrected chi connectivity index (χ2v) is 10.6. The molecule has 7 nitrogen and oxygen atoms in total. The van der Waals surface area contributed by atoms with Gasteiger partial charge in [-0.2, -0.15) is 11.8 Å². The molecule has 0 atom stereocenters. The number of rotatable bonds is 8. The lowest BCUT2D eigenvalue weighted by Gasteiger charge is -2.25. The van der Waals surface area contributed by atoms with E-state index in [9.17, 15) is 8.42 Å². The van der Waals surface area contributed by atoms with Crippen molar-refractivity contribution in [3.05, 3.63) is 15.6 Å². The van der Waals surface area contributed by atoms with Crippen molar-refractivity contribution in [2.75, 3.05) is 50.0 Å². The van der Waals surface area contributed by atoms with Crippen molar-refractivity contribution in [1.82, 2.24) is 19.9 Å². The van der Waals surface area contributed by atoms with Gasteiger partial charge in [0.05, 0.1) is 23.0 Å². The summed E-state index contributed by atoms with van der Waals surface area (Å²) in [6, 6.07) is 0. The van der Waals surface area contributed by atoms with E-state index in [1.165, 1.54) is 4.88 Å². The molecular weight excluding hydrogens is 517 g/mol. The number of sulfonamides is 1. The zero-order valence-electron chi connectivity index (χ0n) is 16.2. The molecule has 0 bridgehead atoms. The van der Waals surface area contributed by atoms with Crippen LogP contribution in [0, 0.1) is 13.8 Å². The van der Waals surface area contributed by atoms with Crippen LogP contribution in [0.4, 0.5) is 0 Å². The Hall–Kier alpha value is -0.110. The topological polar surface area (TPSA) is 86.7 Å². The van der Waals surface area contributed by atoms with Gasteiger partial charge in [-0.3, -0.25) is 4.99 Å². The zero-order valence-corrected chi connectivity index (χ0v) is 20.9. The van der Waals surface area contributed by atoms with Crippen LogP contribution in [0.2, 0.25) is 0 Å². The van der Waals surface area contributed by atoms with Gasteiger partial charge in [-0.25, -0.2) is 17.7 Å². The van der Waals surface area contributed by atoms with Crippen LogP contribution in [-0.2, 0) is 16.4 Å². The molecule has 0 unspecified atom stereocenters. The van der Waals surface area contributed by atoms with E-state index in [1.807, 2.05) is 13.8 Å². The third-order valence-electron chi connectivity index (χ3n) is 4.03. The van der Waals surface area contributed by atoms with Gasteiger partial charge in [0, 0.05) is 49.0 Å². The van der Waals surface area contributed by atoms with E-state index in [2.05, 4.69) is 27.5 Å². The van der Waals surface area contributed by atoms with Gasteiger partial charge in [0.2, 0.25) is 10.0 Å². The summed E-state index contributed by atoms with van der Waals surface area (Å²) in [7, 11) is -3.21. The number of thioether (sulfide) groups is 1. The monoisotopic (exact) mass is 547 g/mol. The number of aryl methyl sites for hydroxylation is 2. The second-order valence-electron chi connectivity index (χ2n) is 6.01. The van der Waals surface area contributed by atoms with E-state index >= 15 is 0 Å². The minimum absolute atomic E-state index is 0. The van der Waals surface area contributed by atoms with Crippen molar-refractivity contribution in [1.29, 1.82) is 0 Å². The Kier molecular flexibility index (Phi) is 11.5. The van der Waals surface area contributed by atoms with E-state index < -0.39 is 10.0 Å². The molecule has 156 valence electrons. The summed E-state index contributed by atoms with van der Waals surface area (Å²) in [4.78, 5) is 10.2. The van der Waals surface area contributed by atoms with E-state index in [4.69, 9.17) is 0 Å². The molecule has 0 aromatic carbocycles. The van der Waals surface area contributed by atoms with Gasteiger partial charge in [-0.1, -0.05) is 0 Å². The highest BCUT2D eigenvalue weighted by Crippen LogP contribution is 2.16. The predicted molar refractivity (Wildman–Crippen MR) is 127 cm³/mol. The summed E-state index contributed by atoms with van der Waals surface area (Å²) in [6.07, 6.45) is 0.827. The van der Waals surface area contributed by atoms with Crippen molar-refractivity contribution in [2.45, 2.75) is 27.2 Å². The molecule has 1 aromatic heterocycles. The maximum atomic E-state index is 12.4. The summed E-state index contributed by atoms with van der Waals surface area (Å²) in [5.41, 5.74) is 1.09. The predicted octanol–water partition coefficient (Wildman–Crippen LogP) is 1.85. The van der Waals surface area contributed by atoms with Crippen molar-refractivity contribution in [3.63, 3.8) is 0 Å². The van der Waals surface area contributed by atoms with E-state index in [0.29, 0.717) is 25.6 Å². The first-order chi connectivity index (χ1) is 12.4. The summed E-state index contributed by atoms with van der Waals surface area (Å²) < 4.78 is 26.3. The molecule has 0 aliphatic carbocycles. The first kappa shape index (κ1) is 24.9. The molecule has 1 saturated heterocycles. The number of hydrogen-bond acceptors (Lipinski definition) is 6. The van der Waals surface area contributed by atoms with Crippen LogP contribution in [0.1, 0.15) is 22.5 Å². The second kappa shape index (κ2) is 12.5.